The normalized spacial score (nSPS) is 17.1. The summed E-state index contributed by atoms with van der Waals surface area (Å²) < 4.78 is 0. The van der Waals surface area contributed by atoms with Crippen molar-refractivity contribution in [2.75, 3.05) is 19.6 Å². The molecule has 6 nitrogen and oxygen atoms in total. The molecule has 1 unspecified atom stereocenters. The topological polar surface area (TPSA) is 78.1 Å². The number of carbonyl (C=O) groups excluding carboxylic acids is 1. The Morgan fingerprint density at radius 1 is 1.32 bits per heavy atom. The maximum absolute atomic E-state index is 12.5. The summed E-state index contributed by atoms with van der Waals surface area (Å²) >= 11 is 1.58. The van der Waals surface area contributed by atoms with Gasteiger partial charge in [-0.05, 0) is 58.7 Å². The third kappa shape index (κ3) is 4.46. The van der Waals surface area contributed by atoms with E-state index in [-0.39, 0.29) is 23.4 Å². The summed E-state index contributed by atoms with van der Waals surface area (Å²) in [5.41, 5.74) is 0.980. The number of carbonyl (C=O) groups is 1. The van der Waals surface area contributed by atoms with Crippen LogP contribution < -0.4 is 10.9 Å². The maximum atomic E-state index is 12.5. The largest absolute Gasteiger partial charge is 0.356 e. The molecule has 0 aromatic carbocycles. The second-order valence-electron chi connectivity index (χ2n) is 7.90. The molecule has 154 valence electrons. The number of nitrogens with zero attached hydrogens (tertiary/aromatic N) is 2. The van der Waals surface area contributed by atoms with Crippen molar-refractivity contribution in [3.05, 3.63) is 26.6 Å². The third-order valence-corrected chi connectivity index (χ3v) is 7.08. The van der Waals surface area contributed by atoms with Gasteiger partial charge in [-0.2, -0.15) is 0 Å². The summed E-state index contributed by atoms with van der Waals surface area (Å²) in [6.45, 7) is 10.7. The molecule has 2 N–H and O–H groups in total. The van der Waals surface area contributed by atoms with Crippen LogP contribution in [-0.2, 0) is 4.79 Å². The zero-order chi connectivity index (χ0) is 20.3. The molecule has 1 saturated heterocycles. The molecule has 0 radical (unpaired) electrons. The first-order valence-corrected chi connectivity index (χ1v) is 11.3. The zero-order valence-electron chi connectivity index (χ0n) is 17.4. The number of rotatable bonds is 7. The number of hydrogen-bond donors (Lipinski definition) is 2. The molecule has 1 amide bonds. The summed E-state index contributed by atoms with van der Waals surface area (Å²) in [6.07, 6.45) is 5.09. The Kier molecular flexibility index (Phi) is 6.88. The van der Waals surface area contributed by atoms with Crippen molar-refractivity contribution >= 4 is 27.5 Å². The quantitative estimate of drug-likeness (QED) is 0.690. The standard InChI is InChI=1S/C21H32N4O2S/c1-5-6-7-10-22-19(26)16-8-11-25(12-9-16)14(3)18-23-20(27)17-13(2)15(4)28-21(17)24-18/h14,16H,5-12H2,1-4H3,(H,22,26)(H,23,24,27). The number of unbranched alkanes of at least 4 members (excludes halogenated alkanes) is 2. The van der Waals surface area contributed by atoms with Gasteiger partial charge >= 0.3 is 0 Å². The van der Waals surface area contributed by atoms with Gasteiger partial charge in [0.1, 0.15) is 10.7 Å². The molecule has 0 aliphatic carbocycles. The molecule has 1 atom stereocenters. The predicted molar refractivity (Wildman–Crippen MR) is 115 cm³/mol. The fourth-order valence-electron chi connectivity index (χ4n) is 3.92. The molecule has 28 heavy (non-hydrogen) atoms. The highest BCUT2D eigenvalue weighted by atomic mass is 32.1. The molecule has 1 aliphatic heterocycles. The first-order chi connectivity index (χ1) is 13.4. The van der Waals surface area contributed by atoms with Gasteiger partial charge < -0.3 is 10.3 Å². The number of aromatic nitrogens is 2. The van der Waals surface area contributed by atoms with Gasteiger partial charge in [-0.1, -0.05) is 19.8 Å². The predicted octanol–water partition coefficient (Wildman–Crippen LogP) is 3.68. The Morgan fingerprint density at radius 3 is 2.71 bits per heavy atom. The van der Waals surface area contributed by atoms with Gasteiger partial charge in [0.05, 0.1) is 11.4 Å². The van der Waals surface area contributed by atoms with Crippen molar-refractivity contribution in [3.8, 4) is 0 Å². The van der Waals surface area contributed by atoms with Crippen LogP contribution in [0.25, 0.3) is 10.2 Å². The van der Waals surface area contributed by atoms with Gasteiger partial charge in [0, 0.05) is 17.3 Å². The Balaban J connectivity index is 1.61. The number of likely N-dealkylation sites (tertiary alicyclic amines) is 1. The highest BCUT2D eigenvalue weighted by Crippen LogP contribution is 2.29. The van der Waals surface area contributed by atoms with Gasteiger partial charge in [0.15, 0.2) is 0 Å². The van der Waals surface area contributed by atoms with Crippen LogP contribution in [0.2, 0.25) is 0 Å². The number of nitrogens with one attached hydrogen (secondary N) is 2. The van der Waals surface area contributed by atoms with Crippen molar-refractivity contribution in [3.63, 3.8) is 0 Å². The Labute approximate surface area is 170 Å². The van der Waals surface area contributed by atoms with Crippen LogP contribution in [0, 0.1) is 19.8 Å². The van der Waals surface area contributed by atoms with Gasteiger partial charge in [-0.3, -0.25) is 14.5 Å². The second-order valence-corrected chi connectivity index (χ2v) is 9.10. The summed E-state index contributed by atoms with van der Waals surface area (Å²) in [5.74, 6) is 1.02. The van der Waals surface area contributed by atoms with Crippen molar-refractivity contribution in [1.29, 1.82) is 0 Å². The molecule has 0 spiro atoms. The Hall–Kier alpha value is -1.73. The first kappa shape index (κ1) is 21.0. The van der Waals surface area contributed by atoms with Crippen LogP contribution in [0.4, 0.5) is 0 Å². The van der Waals surface area contributed by atoms with Gasteiger partial charge in [0.2, 0.25) is 5.91 Å². The number of aromatic amines is 1. The average molecular weight is 405 g/mol. The molecule has 2 aromatic rings. The smallest absolute Gasteiger partial charge is 0.259 e. The number of piperidine rings is 1. The molecular formula is C21H32N4O2S. The van der Waals surface area contributed by atoms with Crippen LogP contribution >= 0.6 is 11.3 Å². The van der Waals surface area contributed by atoms with Crippen LogP contribution in [0.15, 0.2) is 4.79 Å². The molecule has 2 aromatic heterocycles. The minimum Gasteiger partial charge on any atom is -0.356 e. The third-order valence-electron chi connectivity index (χ3n) is 5.98. The number of fused-ring (bicyclic) bond motifs is 1. The molecule has 3 heterocycles. The lowest BCUT2D eigenvalue weighted by molar-refractivity contribution is -0.126. The van der Waals surface area contributed by atoms with Gasteiger partial charge in [-0.15, -0.1) is 11.3 Å². The maximum Gasteiger partial charge on any atom is 0.259 e. The molecule has 0 saturated carbocycles. The molecular weight excluding hydrogens is 372 g/mol. The minimum atomic E-state index is -0.0463. The molecule has 1 fully saturated rings. The van der Waals surface area contributed by atoms with Crippen molar-refractivity contribution in [2.24, 2.45) is 5.92 Å². The number of H-pyrrole nitrogens is 1. The summed E-state index contributed by atoms with van der Waals surface area (Å²) in [6, 6.07) is 0.0355. The number of hydrogen-bond acceptors (Lipinski definition) is 5. The van der Waals surface area contributed by atoms with E-state index in [4.69, 9.17) is 4.98 Å². The van der Waals surface area contributed by atoms with Crippen molar-refractivity contribution in [1.82, 2.24) is 20.2 Å². The van der Waals surface area contributed by atoms with Crippen molar-refractivity contribution in [2.45, 2.75) is 65.8 Å². The monoisotopic (exact) mass is 404 g/mol. The molecule has 3 rings (SSSR count). The highest BCUT2D eigenvalue weighted by Gasteiger charge is 2.28. The van der Waals surface area contributed by atoms with Crippen LogP contribution in [0.5, 0.6) is 0 Å². The van der Waals surface area contributed by atoms with Crippen LogP contribution in [0.3, 0.4) is 0 Å². The van der Waals surface area contributed by atoms with E-state index in [9.17, 15) is 9.59 Å². The average Bonchev–Trinajstić information content (AvgIpc) is 2.98. The van der Waals surface area contributed by atoms with E-state index < -0.39 is 0 Å². The second kappa shape index (κ2) is 9.18. The summed E-state index contributed by atoms with van der Waals surface area (Å²) in [4.78, 5) is 36.9. The van der Waals surface area contributed by atoms with E-state index in [0.29, 0.717) is 0 Å². The lowest BCUT2D eigenvalue weighted by atomic mass is 9.95. The van der Waals surface area contributed by atoms with Gasteiger partial charge in [-0.25, -0.2) is 4.98 Å². The molecule has 0 bridgehead atoms. The van der Waals surface area contributed by atoms with E-state index in [2.05, 4.69) is 29.0 Å². The Bertz CT molecular complexity index is 880. The highest BCUT2D eigenvalue weighted by molar-refractivity contribution is 7.18. The number of aryl methyl sites for hydroxylation is 2. The van der Waals surface area contributed by atoms with E-state index in [1.165, 1.54) is 6.42 Å². The first-order valence-electron chi connectivity index (χ1n) is 10.4. The van der Waals surface area contributed by atoms with Crippen LogP contribution in [0.1, 0.15) is 68.3 Å². The fourth-order valence-corrected chi connectivity index (χ4v) is 4.96. The minimum absolute atomic E-state index is 0.0355. The molecule has 7 heteroatoms. The lowest BCUT2D eigenvalue weighted by Gasteiger charge is -2.35. The summed E-state index contributed by atoms with van der Waals surface area (Å²) in [5, 5.41) is 3.80. The molecule has 1 aliphatic rings. The van der Waals surface area contributed by atoms with E-state index in [1.807, 2.05) is 13.8 Å². The zero-order valence-corrected chi connectivity index (χ0v) is 18.2. The number of amides is 1. The SMILES string of the molecule is CCCCCNC(=O)C1CCN(C(C)c2nc3sc(C)c(C)c3c(=O)[nH]2)CC1. The van der Waals surface area contributed by atoms with E-state index >= 15 is 0 Å². The van der Waals surface area contributed by atoms with Crippen LogP contribution in [-0.4, -0.2) is 40.4 Å². The van der Waals surface area contributed by atoms with E-state index in [1.54, 1.807) is 11.3 Å². The fraction of sp³-hybridized carbons (Fsp3) is 0.667. The number of thiophene rings is 1. The van der Waals surface area contributed by atoms with E-state index in [0.717, 1.165) is 71.8 Å². The lowest BCUT2D eigenvalue weighted by Crippen LogP contribution is -2.42. The van der Waals surface area contributed by atoms with Gasteiger partial charge in [0.25, 0.3) is 5.56 Å². The van der Waals surface area contributed by atoms with Crippen molar-refractivity contribution < 1.29 is 4.79 Å². The Morgan fingerprint density at radius 2 is 2.04 bits per heavy atom. The summed E-state index contributed by atoms with van der Waals surface area (Å²) in [7, 11) is 0.